The van der Waals surface area contributed by atoms with E-state index in [-0.39, 0.29) is 37.2 Å². The predicted molar refractivity (Wildman–Crippen MR) is 142 cm³/mol. The lowest BCUT2D eigenvalue weighted by Crippen LogP contribution is -2.51. The van der Waals surface area contributed by atoms with Crippen LogP contribution in [0.5, 0.6) is 5.75 Å². The van der Waals surface area contributed by atoms with Gasteiger partial charge in [-0.3, -0.25) is 10.0 Å². The zero-order chi connectivity index (χ0) is 27.7. The lowest BCUT2D eigenvalue weighted by molar-refractivity contribution is -0.150. The van der Waals surface area contributed by atoms with E-state index in [0.717, 1.165) is 11.1 Å². The molecule has 0 unspecified atom stereocenters. The van der Waals surface area contributed by atoms with Crippen molar-refractivity contribution < 1.29 is 28.7 Å². The number of methoxy groups -OCH3 is 2. The van der Waals surface area contributed by atoms with Crippen LogP contribution in [0.4, 0.5) is 4.79 Å². The van der Waals surface area contributed by atoms with Crippen molar-refractivity contribution in [1.29, 1.82) is 0 Å². The molecule has 1 aliphatic heterocycles. The summed E-state index contributed by atoms with van der Waals surface area (Å²) in [6.45, 7) is 6.93. The Morgan fingerprint density at radius 2 is 1.58 bits per heavy atom. The maximum atomic E-state index is 13.2. The second-order valence-corrected chi connectivity index (χ2v) is 10.6. The zero-order valence-corrected chi connectivity index (χ0v) is 22.8. The summed E-state index contributed by atoms with van der Waals surface area (Å²) >= 11 is 0. The molecule has 1 fully saturated rings. The van der Waals surface area contributed by atoms with E-state index in [0.29, 0.717) is 22.3 Å². The molecule has 4 rings (SSSR count). The van der Waals surface area contributed by atoms with Crippen LogP contribution in [0.2, 0.25) is 0 Å². The highest BCUT2D eigenvalue weighted by molar-refractivity contribution is 5.84. The lowest BCUT2D eigenvalue weighted by atomic mass is 9.78. The van der Waals surface area contributed by atoms with Gasteiger partial charge in [-0.15, -0.1) is 0 Å². The van der Waals surface area contributed by atoms with Gasteiger partial charge in [0, 0.05) is 31.3 Å². The van der Waals surface area contributed by atoms with Crippen molar-refractivity contribution >= 4 is 12.0 Å². The smallest absolute Gasteiger partial charge is 0.343 e. The second kappa shape index (κ2) is 10.5. The molecular formula is C29H35N3O6. The van der Waals surface area contributed by atoms with Crippen LogP contribution in [0, 0.1) is 0 Å². The summed E-state index contributed by atoms with van der Waals surface area (Å²) in [5.41, 5.74) is 2.26. The molecule has 1 N–H and O–H groups in total. The Morgan fingerprint density at radius 3 is 2.08 bits per heavy atom. The number of benzene rings is 2. The highest BCUT2D eigenvalue weighted by Gasteiger charge is 2.49. The first-order chi connectivity index (χ1) is 18.0. The Labute approximate surface area is 222 Å². The molecule has 0 aliphatic carbocycles. The molecule has 1 aromatic heterocycles. The first kappa shape index (κ1) is 27.2. The number of hydrogen-bond acceptors (Lipinski definition) is 7. The van der Waals surface area contributed by atoms with Gasteiger partial charge in [-0.2, -0.15) is 0 Å². The van der Waals surface area contributed by atoms with Crippen molar-refractivity contribution in [3.8, 4) is 28.3 Å². The monoisotopic (exact) mass is 521 g/mol. The molecule has 0 spiro atoms. The van der Waals surface area contributed by atoms with Crippen molar-refractivity contribution in [3.63, 3.8) is 0 Å². The lowest BCUT2D eigenvalue weighted by Gasteiger charge is -2.38. The molecule has 0 bridgehead atoms. The van der Waals surface area contributed by atoms with Gasteiger partial charge in [0.2, 0.25) is 5.89 Å². The van der Waals surface area contributed by atoms with Crippen LogP contribution < -0.4 is 4.74 Å². The minimum absolute atomic E-state index is 0.00465. The number of nitrogens with zero attached hydrogens (tertiary/aromatic N) is 3. The summed E-state index contributed by atoms with van der Waals surface area (Å²) < 4.78 is 16.9. The van der Waals surface area contributed by atoms with E-state index in [1.807, 2.05) is 36.4 Å². The van der Waals surface area contributed by atoms with Crippen molar-refractivity contribution in [2.45, 2.75) is 44.4 Å². The standard InChI is InChI=1S/C29H35N3O6/c1-28(2,3)21-11-7-19(8-12-21)23-24(20-9-13-22(36-5)14-10-20)38-25(30-23)29(26(33)37-6)15-17-32(18-16-29)27(34)31(4)35/h7-14,35H,15-18H2,1-6H3. The Morgan fingerprint density at radius 1 is 1.00 bits per heavy atom. The highest BCUT2D eigenvalue weighted by atomic mass is 16.5. The van der Waals surface area contributed by atoms with Crippen molar-refractivity contribution in [3.05, 3.63) is 60.0 Å². The SMILES string of the molecule is COC(=O)C1(c2nc(-c3ccc(C(C)(C)C)cc3)c(-c3ccc(OC)cc3)o2)CCN(C(=O)N(C)O)CC1. The Hall–Kier alpha value is -3.85. The molecule has 2 aromatic carbocycles. The number of rotatable bonds is 5. The molecule has 38 heavy (non-hydrogen) atoms. The van der Waals surface area contributed by atoms with Crippen LogP contribution in [0.3, 0.4) is 0 Å². The normalized spacial score (nSPS) is 15.2. The maximum absolute atomic E-state index is 13.2. The van der Waals surface area contributed by atoms with Gasteiger partial charge in [0.05, 0.1) is 14.2 Å². The predicted octanol–water partition coefficient (Wildman–Crippen LogP) is 5.26. The van der Waals surface area contributed by atoms with Crippen molar-refractivity contribution in [2.24, 2.45) is 0 Å². The summed E-state index contributed by atoms with van der Waals surface area (Å²) in [6.07, 6.45) is 0.481. The van der Waals surface area contributed by atoms with Crippen LogP contribution in [-0.4, -0.2) is 66.5 Å². The molecule has 1 saturated heterocycles. The number of esters is 1. The van der Waals surface area contributed by atoms with Crippen molar-refractivity contribution in [1.82, 2.24) is 14.9 Å². The van der Waals surface area contributed by atoms with Crippen molar-refractivity contribution in [2.75, 3.05) is 34.4 Å². The summed E-state index contributed by atoms with van der Waals surface area (Å²) in [7, 11) is 4.22. The average Bonchev–Trinajstić information content (AvgIpc) is 3.38. The van der Waals surface area contributed by atoms with Crippen LogP contribution in [-0.2, 0) is 20.4 Å². The van der Waals surface area contributed by atoms with E-state index in [1.54, 1.807) is 7.11 Å². The molecule has 9 nitrogen and oxygen atoms in total. The van der Waals surface area contributed by atoms with Gasteiger partial charge in [0.1, 0.15) is 16.9 Å². The highest BCUT2D eigenvalue weighted by Crippen LogP contribution is 2.42. The van der Waals surface area contributed by atoms with Crippen LogP contribution in [0.15, 0.2) is 52.9 Å². The fraction of sp³-hybridized carbons (Fsp3) is 0.414. The molecule has 9 heteroatoms. The molecule has 2 heterocycles. The largest absolute Gasteiger partial charge is 0.497 e. The summed E-state index contributed by atoms with van der Waals surface area (Å²) in [5, 5.41) is 10.1. The van der Waals surface area contributed by atoms with Gasteiger partial charge in [0.25, 0.3) is 0 Å². The summed E-state index contributed by atoms with van der Waals surface area (Å²) in [5.74, 6) is 1.01. The molecule has 0 radical (unpaired) electrons. The first-order valence-electron chi connectivity index (χ1n) is 12.6. The number of carbonyl (C=O) groups is 2. The van der Waals surface area contributed by atoms with Gasteiger partial charge < -0.3 is 18.8 Å². The molecule has 0 saturated carbocycles. The van der Waals surface area contributed by atoms with Gasteiger partial charge in [-0.05, 0) is 48.1 Å². The van der Waals surface area contributed by atoms with E-state index in [9.17, 15) is 14.8 Å². The minimum Gasteiger partial charge on any atom is -0.497 e. The Kier molecular flexibility index (Phi) is 7.51. The van der Waals surface area contributed by atoms with Gasteiger partial charge in [-0.25, -0.2) is 14.8 Å². The fourth-order valence-corrected chi connectivity index (χ4v) is 4.77. The molecule has 2 amide bonds. The number of hydroxylamine groups is 2. The Bertz CT molecular complexity index is 1280. The molecule has 1 aliphatic rings. The van der Waals surface area contributed by atoms with Crippen LogP contribution in [0.25, 0.3) is 22.6 Å². The number of oxazole rings is 1. The number of hydrogen-bond donors (Lipinski definition) is 1. The molecule has 3 aromatic rings. The Balaban J connectivity index is 1.81. The quantitative estimate of drug-likeness (QED) is 0.277. The number of ether oxygens (including phenoxy) is 2. The summed E-state index contributed by atoms with van der Waals surface area (Å²) in [6, 6.07) is 15.1. The second-order valence-electron chi connectivity index (χ2n) is 10.6. The van der Waals surface area contributed by atoms with E-state index in [4.69, 9.17) is 18.9 Å². The number of aromatic nitrogens is 1. The van der Waals surface area contributed by atoms with E-state index < -0.39 is 17.4 Å². The van der Waals surface area contributed by atoms with E-state index in [1.165, 1.54) is 24.6 Å². The van der Waals surface area contributed by atoms with Gasteiger partial charge >= 0.3 is 12.0 Å². The topological polar surface area (TPSA) is 105 Å². The van der Waals surface area contributed by atoms with Gasteiger partial charge in [-0.1, -0.05) is 45.0 Å². The number of likely N-dealkylation sites (tertiary alicyclic amines) is 1. The fourth-order valence-electron chi connectivity index (χ4n) is 4.77. The summed E-state index contributed by atoms with van der Waals surface area (Å²) in [4.78, 5) is 31.9. The van der Waals surface area contributed by atoms with E-state index >= 15 is 0 Å². The minimum atomic E-state index is -1.18. The molecule has 202 valence electrons. The van der Waals surface area contributed by atoms with E-state index in [2.05, 4.69) is 32.9 Å². The molecule has 0 atom stereocenters. The molecular weight excluding hydrogens is 486 g/mol. The third kappa shape index (κ3) is 5.11. The average molecular weight is 522 g/mol. The maximum Gasteiger partial charge on any atom is 0.343 e. The van der Waals surface area contributed by atoms with Crippen LogP contribution >= 0.6 is 0 Å². The third-order valence-electron chi connectivity index (χ3n) is 7.15. The number of amides is 2. The number of carbonyl (C=O) groups excluding carboxylic acids is 2. The van der Waals surface area contributed by atoms with Crippen LogP contribution in [0.1, 0.15) is 45.1 Å². The van der Waals surface area contributed by atoms with Gasteiger partial charge in [0.15, 0.2) is 5.76 Å². The first-order valence-corrected chi connectivity index (χ1v) is 12.6. The third-order valence-corrected chi connectivity index (χ3v) is 7.15. The number of piperidine rings is 1. The zero-order valence-electron chi connectivity index (χ0n) is 22.8. The number of urea groups is 1.